The summed E-state index contributed by atoms with van der Waals surface area (Å²) in [4.78, 5) is 11.7. The van der Waals surface area contributed by atoms with E-state index in [1.165, 1.54) is 12.1 Å². The van der Waals surface area contributed by atoms with Crippen LogP contribution in [-0.2, 0) is 14.8 Å². The van der Waals surface area contributed by atoms with Crippen LogP contribution in [0.15, 0.2) is 33.6 Å². The number of benzene rings is 1. The second kappa shape index (κ2) is 6.06. The number of hydrogen-bond donors (Lipinski definition) is 2. The number of sulfonamides is 1. The average molecular weight is 376 g/mol. The monoisotopic (exact) mass is 375 g/mol. The second-order valence-electron chi connectivity index (χ2n) is 5.65. The van der Waals surface area contributed by atoms with Crippen molar-refractivity contribution >= 4 is 31.9 Å². The predicted octanol–water partition coefficient (Wildman–Crippen LogP) is 2.76. The Kier molecular flexibility index (Phi) is 4.75. The van der Waals surface area contributed by atoms with Crippen LogP contribution in [0.4, 0.5) is 0 Å². The Morgan fingerprint density at radius 2 is 2.19 bits per heavy atom. The zero-order valence-corrected chi connectivity index (χ0v) is 14.1. The van der Waals surface area contributed by atoms with E-state index in [-0.39, 0.29) is 10.8 Å². The number of nitrogens with one attached hydrogen (secondary N) is 1. The molecule has 2 atom stereocenters. The Labute approximate surface area is 132 Å². The fourth-order valence-electron chi connectivity index (χ4n) is 2.83. The number of carbonyl (C=O) groups is 1. The number of aliphatic carboxylic acids is 1. The number of rotatable bonds is 4. The normalized spacial score (nSPS) is 26.5. The van der Waals surface area contributed by atoms with E-state index >= 15 is 0 Å². The van der Waals surface area contributed by atoms with E-state index in [0.29, 0.717) is 23.7 Å². The van der Waals surface area contributed by atoms with Gasteiger partial charge in [0.25, 0.3) is 0 Å². The van der Waals surface area contributed by atoms with Crippen molar-refractivity contribution < 1.29 is 18.3 Å². The summed E-state index contributed by atoms with van der Waals surface area (Å²) in [6.45, 7) is 1.95. The van der Waals surface area contributed by atoms with Crippen LogP contribution in [0.25, 0.3) is 0 Å². The molecule has 1 aliphatic carbocycles. The molecule has 0 aromatic heterocycles. The summed E-state index contributed by atoms with van der Waals surface area (Å²) in [5, 5.41) is 9.54. The minimum absolute atomic E-state index is 0.0655. The molecule has 116 valence electrons. The highest BCUT2D eigenvalue weighted by Gasteiger charge is 2.45. The number of halogens is 1. The lowest BCUT2D eigenvalue weighted by Crippen LogP contribution is -2.56. The average Bonchev–Trinajstić information content (AvgIpc) is 2.38. The molecule has 0 bridgehead atoms. The predicted molar refractivity (Wildman–Crippen MR) is 82.5 cm³/mol. The summed E-state index contributed by atoms with van der Waals surface area (Å²) in [6.07, 6.45) is 2.26. The van der Waals surface area contributed by atoms with Gasteiger partial charge in [-0.1, -0.05) is 41.8 Å². The first-order valence-electron chi connectivity index (χ1n) is 6.78. The van der Waals surface area contributed by atoms with E-state index in [4.69, 9.17) is 0 Å². The number of carboxylic acid groups (broad SMARTS) is 1. The molecule has 0 saturated heterocycles. The van der Waals surface area contributed by atoms with E-state index in [1.54, 1.807) is 12.1 Å². The lowest BCUT2D eigenvalue weighted by atomic mass is 9.77. The Morgan fingerprint density at radius 1 is 1.48 bits per heavy atom. The van der Waals surface area contributed by atoms with Gasteiger partial charge < -0.3 is 5.11 Å². The van der Waals surface area contributed by atoms with Crippen molar-refractivity contribution in [3.05, 3.63) is 28.7 Å². The van der Waals surface area contributed by atoms with Gasteiger partial charge in [-0.2, -0.15) is 4.72 Å². The highest BCUT2D eigenvalue weighted by molar-refractivity contribution is 9.10. The zero-order valence-electron chi connectivity index (χ0n) is 11.7. The van der Waals surface area contributed by atoms with E-state index < -0.39 is 21.5 Å². The van der Waals surface area contributed by atoms with Crippen LogP contribution in [0.1, 0.15) is 32.6 Å². The molecular formula is C14H18BrNO4S. The minimum Gasteiger partial charge on any atom is -0.480 e. The maximum Gasteiger partial charge on any atom is 0.324 e. The molecule has 1 fully saturated rings. The molecule has 1 aromatic carbocycles. The summed E-state index contributed by atoms with van der Waals surface area (Å²) in [5.74, 6) is -0.923. The summed E-state index contributed by atoms with van der Waals surface area (Å²) < 4.78 is 28.0. The van der Waals surface area contributed by atoms with Gasteiger partial charge in [0.1, 0.15) is 5.54 Å². The third-order valence-corrected chi connectivity index (χ3v) is 5.87. The summed E-state index contributed by atoms with van der Waals surface area (Å²) in [5.41, 5.74) is -1.40. The quantitative estimate of drug-likeness (QED) is 0.847. The molecule has 5 nitrogen and oxygen atoms in total. The molecule has 2 unspecified atom stereocenters. The van der Waals surface area contributed by atoms with Crippen LogP contribution in [0.5, 0.6) is 0 Å². The van der Waals surface area contributed by atoms with Gasteiger partial charge in [0.2, 0.25) is 10.0 Å². The first-order valence-corrected chi connectivity index (χ1v) is 9.06. The lowest BCUT2D eigenvalue weighted by Gasteiger charge is -2.36. The van der Waals surface area contributed by atoms with Crippen LogP contribution in [0.2, 0.25) is 0 Å². The molecule has 0 heterocycles. The minimum atomic E-state index is -3.87. The Bertz CT molecular complexity index is 646. The second-order valence-corrected chi connectivity index (χ2v) is 8.25. The maximum atomic E-state index is 12.5. The summed E-state index contributed by atoms with van der Waals surface area (Å²) in [6, 6.07) is 6.24. The Balaban J connectivity index is 2.34. The first kappa shape index (κ1) is 16.5. The number of carboxylic acids is 1. The lowest BCUT2D eigenvalue weighted by molar-refractivity contribution is -0.146. The topological polar surface area (TPSA) is 83.5 Å². The van der Waals surface area contributed by atoms with Crippen molar-refractivity contribution in [2.75, 3.05) is 0 Å². The smallest absolute Gasteiger partial charge is 0.324 e. The van der Waals surface area contributed by atoms with Crippen LogP contribution in [0, 0.1) is 5.92 Å². The van der Waals surface area contributed by atoms with Gasteiger partial charge in [0.05, 0.1) is 4.90 Å². The van der Waals surface area contributed by atoms with Crippen molar-refractivity contribution in [3.63, 3.8) is 0 Å². The van der Waals surface area contributed by atoms with Crippen molar-refractivity contribution in [3.8, 4) is 0 Å². The van der Waals surface area contributed by atoms with Gasteiger partial charge in [0.15, 0.2) is 0 Å². The van der Waals surface area contributed by atoms with Gasteiger partial charge >= 0.3 is 5.97 Å². The van der Waals surface area contributed by atoms with E-state index in [1.807, 2.05) is 6.92 Å². The molecule has 2 N–H and O–H groups in total. The zero-order chi connectivity index (χ0) is 15.7. The van der Waals surface area contributed by atoms with Crippen molar-refractivity contribution in [1.29, 1.82) is 0 Å². The van der Waals surface area contributed by atoms with Crippen molar-refractivity contribution in [1.82, 2.24) is 4.72 Å². The Morgan fingerprint density at radius 3 is 2.76 bits per heavy atom. The third kappa shape index (κ3) is 3.64. The van der Waals surface area contributed by atoms with Gasteiger partial charge in [-0.3, -0.25) is 4.79 Å². The van der Waals surface area contributed by atoms with Crippen LogP contribution in [-0.4, -0.2) is 25.0 Å². The molecule has 1 aliphatic rings. The SMILES string of the molecule is CC1CCCC(NS(=O)(=O)c2cccc(Br)c2)(C(=O)O)C1. The summed E-state index contributed by atoms with van der Waals surface area (Å²) >= 11 is 3.22. The molecular weight excluding hydrogens is 358 g/mol. The highest BCUT2D eigenvalue weighted by Crippen LogP contribution is 2.34. The van der Waals surface area contributed by atoms with Crippen LogP contribution in [0.3, 0.4) is 0 Å². The first-order chi connectivity index (χ1) is 9.75. The maximum absolute atomic E-state index is 12.5. The molecule has 0 spiro atoms. The van der Waals surface area contributed by atoms with Gasteiger partial charge in [-0.15, -0.1) is 0 Å². The number of hydrogen-bond acceptors (Lipinski definition) is 3. The molecule has 7 heteroatoms. The molecule has 21 heavy (non-hydrogen) atoms. The van der Waals surface area contributed by atoms with Crippen molar-refractivity contribution in [2.45, 2.75) is 43.0 Å². The van der Waals surface area contributed by atoms with Crippen LogP contribution < -0.4 is 4.72 Å². The van der Waals surface area contributed by atoms with Gasteiger partial charge in [0, 0.05) is 4.47 Å². The molecule has 2 rings (SSSR count). The third-order valence-electron chi connectivity index (χ3n) is 3.84. The molecule has 0 aliphatic heterocycles. The van der Waals surface area contributed by atoms with E-state index in [9.17, 15) is 18.3 Å². The largest absolute Gasteiger partial charge is 0.480 e. The molecule has 0 radical (unpaired) electrons. The Hall–Kier alpha value is -0.920. The fourth-order valence-corrected chi connectivity index (χ4v) is 4.83. The fraction of sp³-hybridized carbons (Fsp3) is 0.500. The molecule has 1 aromatic rings. The van der Waals surface area contributed by atoms with E-state index in [2.05, 4.69) is 20.7 Å². The van der Waals surface area contributed by atoms with E-state index in [0.717, 1.165) is 6.42 Å². The van der Waals surface area contributed by atoms with Gasteiger partial charge in [-0.05, 0) is 37.0 Å². The van der Waals surface area contributed by atoms with Crippen LogP contribution >= 0.6 is 15.9 Å². The highest BCUT2D eigenvalue weighted by atomic mass is 79.9. The standard InChI is InChI=1S/C14H18BrNO4S/c1-10-4-3-7-14(9-10,13(17)18)16-21(19,20)12-6-2-5-11(15)8-12/h2,5-6,8,10,16H,3-4,7,9H2,1H3,(H,17,18). The molecule has 0 amide bonds. The van der Waals surface area contributed by atoms with Crippen molar-refractivity contribution in [2.24, 2.45) is 5.92 Å². The van der Waals surface area contributed by atoms with Gasteiger partial charge in [-0.25, -0.2) is 8.42 Å². The summed E-state index contributed by atoms with van der Waals surface area (Å²) in [7, 11) is -3.87. The molecule has 1 saturated carbocycles.